The number of thiazole rings is 1. The lowest BCUT2D eigenvalue weighted by Crippen LogP contribution is -2.54. The van der Waals surface area contributed by atoms with E-state index in [1.54, 1.807) is 23.9 Å². The number of aromatic amines is 1. The van der Waals surface area contributed by atoms with Crippen molar-refractivity contribution >= 4 is 56.0 Å². The van der Waals surface area contributed by atoms with E-state index in [0.717, 1.165) is 51.8 Å². The van der Waals surface area contributed by atoms with Crippen molar-refractivity contribution in [2.45, 2.75) is 19.5 Å². The van der Waals surface area contributed by atoms with Gasteiger partial charge in [0.25, 0.3) is 0 Å². The number of pyridine rings is 1. The first kappa shape index (κ1) is 21.1. The molecule has 5 aromatic rings. The number of nitrogens with one attached hydrogen (secondary N) is 1. The third-order valence-corrected chi connectivity index (χ3v) is 7.25. The van der Waals surface area contributed by atoms with Gasteiger partial charge in [0.2, 0.25) is 5.91 Å². The number of anilines is 1. The highest BCUT2D eigenvalue weighted by Crippen LogP contribution is 2.34. The summed E-state index contributed by atoms with van der Waals surface area (Å²) in [5.41, 5.74) is 5.91. The molecule has 1 saturated heterocycles. The second-order valence-electron chi connectivity index (χ2n) is 8.35. The van der Waals surface area contributed by atoms with Gasteiger partial charge < -0.3 is 19.4 Å². The van der Waals surface area contributed by atoms with Gasteiger partial charge in [0.15, 0.2) is 11.5 Å². The Hall–Kier alpha value is -3.50. The van der Waals surface area contributed by atoms with Gasteiger partial charge in [0.1, 0.15) is 22.8 Å². The zero-order valence-electron chi connectivity index (χ0n) is 18.3. The molecule has 1 aromatic carbocycles. The maximum atomic E-state index is 13.1. The van der Waals surface area contributed by atoms with Crippen molar-refractivity contribution in [2.24, 2.45) is 0 Å². The summed E-state index contributed by atoms with van der Waals surface area (Å²) in [5, 5.41) is 1.71. The molecule has 0 aliphatic carbocycles. The number of amides is 1. The molecule has 9 nitrogen and oxygen atoms in total. The van der Waals surface area contributed by atoms with Crippen LogP contribution in [-0.4, -0.2) is 66.0 Å². The lowest BCUT2D eigenvalue weighted by Gasteiger charge is -2.40. The molecule has 0 radical (unpaired) electrons. The van der Waals surface area contributed by atoms with Crippen LogP contribution >= 0.6 is 22.9 Å². The summed E-state index contributed by atoms with van der Waals surface area (Å²) >= 11 is 7.71. The molecule has 0 spiro atoms. The normalized spacial score (nSPS) is 16.6. The van der Waals surface area contributed by atoms with Gasteiger partial charge in [-0.3, -0.25) is 4.79 Å². The first-order valence-electron chi connectivity index (χ1n) is 11.0. The third-order valence-electron chi connectivity index (χ3n) is 6.13. The molecule has 0 bridgehead atoms. The fourth-order valence-corrected chi connectivity index (χ4v) is 5.49. The number of carbonyl (C=O) groups is 1. The van der Waals surface area contributed by atoms with Crippen molar-refractivity contribution in [1.29, 1.82) is 0 Å². The predicted molar refractivity (Wildman–Crippen MR) is 133 cm³/mol. The van der Waals surface area contributed by atoms with Crippen LogP contribution in [0.25, 0.3) is 33.7 Å². The van der Waals surface area contributed by atoms with Gasteiger partial charge in [-0.2, -0.15) is 0 Å². The van der Waals surface area contributed by atoms with Crippen LogP contribution in [0.5, 0.6) is 0 Å². The van der Waals surface area contributed by atoms with Crippen molar-refractivity contribution < 1.29 is 4.79 Å². The maximum absolute atomic E-state index is 13.1. The lowest BCUT2D eigenvalue weighted by atomic mass is 10.2. The van der Waals surface area contributed by atoms with E-state index >= 15 is 0 Å². The molecular formula is C23H21ClN8OS. The number of H-pyrrole nitrogens is 1. The lowest BCUT2D eigenvalue weighted by molar-refractivity contribution is -0.134. The molecule has 0 unspecified atom stereocenters. The number of hydrogen-bond acceptors (Lipinski definition) is 7. The zero-order chi connectivity index (χ0) is 23.2. The predicted octanol–water partition coefficient (Wildman–Crippen LogP) is 3.82. The van der Waals surface area contributed by atoms with Crippen molar-refractivity contribution in [1.82, 2.24) is 34.4 Å². The molecule has 11 heteroatoms. The van der Waals surface area contributed by atoms with E-state index in [-0.39, 0.29) is 18.5 Å². The summed E-state index contributed by atoms with van der Waals surface area (Å²) in [4.78, 5) is 38.7. The number of benzene rings is 1. The van der Waals surface area contributed by atoms with Gasteiger partial charge in [-0.15, -0.1) is 11.3 Å². The Balaban J connectivity index is 1.19. The molecule has 4 aromatic heterocycles. The van der Waals surface area contributed by atoms with Gasteiger partial charge in [-0.25, -0.2) is 19.9 Å². The Morgan fingerprint density at radius 2 is 2.12 bits per heavy atom. The standard InChI is InChI=1S/C23H21ClN8OS/c1-14-10-30(7-8-32(14)19(33)11-31-12-26-17-3-2-6-25-22(17)31)23-20(27-13-34-23)21-28-16-5-4-15(24)9-18(16)29-21/h2-6,9,12-14H,7-8,10-11H2,1H3,(H,28,29)/t14-/m1/s1. The third kappa shape index (κ3) is 3.68. The van der Waals surface area contributed by atoms with E-state index in [4.69, 9.17) is 16.6 Å². The van der Waals surface area contributed by atoms with Crippen LogP contribution < -0.4 is 4.90 Å². The van der Waals surface area contributed by atoms with Crippen LogP contribution in [0.4, 0.5) is 5.00 Å². The molecule has 1 amide bonds. The van der Waals surface area contributed by atoms with Gasteiger partial charge in [0.05, 0.1) is 22.9 Å². The first-order chi connectivity index (χ1) is 16.6. The molecule has 34 heavy (non-hydrogen) atoms. The minimum absolute atomic E-state index is 0.0495. The second-order valence-corrected chi connectivity index (χ2v) is 9.62. The molecule has 0 saturated carbocycles. The number of nitrogens with zero attached hydrogens (tertiary/aromatic N) is 7. The van der Waals surface area contributed by atoms with Gasteiger partial charge in [0, 0.05) is 36.9 Å². The fraction of sp³-hybridized carbons (Fsp3) is 0.261. The molecule has 1 atom stereocenters. The SMILES string of the molecule is C[C@@H]1CN(c2scnc2-c2nc3ccc(Cl)cc3[nH]2)CCN1C(=O)Cn1cnc2cccnc21. The minimum Gasteiger partial charge on any atom is -0.358 e. The second kappa shape index (κ2) is 8.37. The highest BCUT2D eigenvalue weighted by atomic mass is 35.5. The summed E-state index contributed by atoms with van der Waals surface area (Å²) in [6, 6.07) is 9.38. The van der Waals surface area contributed by atoms with Gasteiger partial charge >= 0.3 is 0 Å². The fourth-order valence-electron chi connectivity index (χ4n) is 4.48. The van der Waals surface area contributed by atoms with Crippen LogP contribution in [0.3, 0.4) is 0 Å². The number of hydrogen-bond donors (Lipinski definition) is 1. The Labute approximate surface area is 204 Å². The van der Waals surface area contributed by atoms with Crippen LogP contribution in [0.1, 0.15) is 6.92 Å². The first-order valence-corrected chi connectivity index (χ1v) is 12.2. The van der Waals surface area contributed by atoms with Crippen molar-refractivity contribution in [2.75, 3.05) is 24.5 Å². The Bertz CT molecular complexity index is 1510. The molecule has 6 rings (SSSR count). The van der Waals surface area contributed by atoms with Crippen molar-refractivity contribution in [3.05, 3.63) is 53.4 Å². The van der Waals surface area contributed by atoms with E-state index in [1.165, 1.54) is 0 Å². The van der Waals surface area contributed by atoms with E-state index in [9.17, 15) is 4.79 Å². The number of halogens is 1. The smallest absolute Gasteiger partial charge is 0.242 e. The van der Waals surface area contributed by atoms with E-state index < -0.39 is 0 Å². The summed E-state index contributed by atoms with van der Waals surface area (Å²) < 4.78 is 1.81. The quantitative estimate of drug-likeness (QED) is 0.409. The number of fused-ring (bicyclic) bond motifs is 2. The highest BCUT2D eigenvalue weighted by Gasteiger charge is 2.30. The number of piperazine rings is 1. The zero-order valence-corrected chi connectivity index (χ0v) is 19.9. The summed E-state index contributed by atoms with van der Waals surface area (Å²) in [7, 11) is 0. The number of rotatable bonds is 4. The number of imidazole rings is 2. The average molecular weight is 493 g/mol. The molecule has 1 aliphatic heterocycles. The molecule has 172 valence electrons. The van der Waals surface area contributed by atoms with Crippen LogP contribution in [0.2, 0.25) is 5.02 Å². The highest BCUT2D eigenvalue weighted by molar-refractivity contribution is 7.14. The van der Waals surface area contributed by atoms with Crippen LogP contribution in [0, 0.1) is 0 Å². The van der Waals surface area contributed by atoms with E-state index in [0.29, 0.717) is 11.6 Å². The molecule has 5 heterocycles. The van der Waals surface area contributed by atoms with E-state index in [2.05, 4.69) is 31.8 Å². The topological polar surface area (TPSA) is 95.8 Å². The Kier molecular flexibility index (Phi) is 5.19. The number of carbonyl (C=O) groups excluding carboxylic acids is 1. The van der Waals surface area contributed by atoms with Crippen molar-refractivity contribution in [3.63, 3.8) is 0 Å². The summed E-state index contributed by atoms with van der Waals surface area (Å²) in [5.74, 6) is 0.787. The Morgan fingerprint density at radius 1 is 1.21 bits per heavy atom. The summed E-state index contributed by atoms with van der Waals surface area (Å²) in [6.45, 7) is 4.38. The number of aromatic nitrogens is 6. The largest absolute Gasteiger partial charge is 0.358 e. The van der Waals surface area contributed by atoms with Gasteiger partial charge in [-0.05, 0) is 37.3 Å². The molecular weight excluding hydrogens is 472 g/mol. The Morgan fingerprint density at radius 3 is 3.00 bits per heavy atom. The van der Waals surface area contributed by atoms with Crippen LogP contribution in [0.15, 0.2) is 48.4 Å². The molecule has 1 fully saturated rings. The van der Waals surface area contributed by atoms with Crippen LogP contribution in [-0.2, 0) is 11.3 Å². The van der Waals surface area contributed by atoms with Gasteiger partial charge in [-0.1, -0.05) is 11.6 Å². The summed E-state index contributed by atoms with van der Waals surface area (Å²) in [6.07, 6.45) is 3.40. The average Bonchev–Trinajstić information content (AvgIpc) is 3.57. The molecule has 1 aliphatic rings. The maximum Gasteiger partial charge on any atom is 0.242 e. The minimum atomic E-state index is 0.0495. The van der Waals surface area contributed by atoms with Crippen molar-refractivity contribution in [3.8, 4) is 11.5 Å². The van der Waals surface area contributed by atoms with E-state index in [1.807, 2.05) is 45.3 Å². The molecule has 1 N–H and O–H groups in total. The monoisotopic (exact) mass is 492 g/mol.